The van der Waals surface area contributed by atoms with E-state index in [9.17, 15) is 4.79 Å². The van der Waals surface area contributed by atoms with Gasteiger partial charge in [-0.3, -0.25) is 4.79 Å². The third kappa shape index (κ3) is 2.49. The minimum Gasteiger partial charge on any atom is -0.472 e. The predicted octanol–water partition coefficient (Wildman–Crippen LogP) is 2.08. The van der Waals surface area contributed by atoms with Gasteiger partial charge in [-0.05, 0) is 18.4 Å². The number of nitrogens with zero attached hydrogens (tertiary/aromatic N) is 1. The molecule has 0 aliphatic carbocycles. The van der Waals surface area contributed by atoms with Crippen LogP contribution in [-0.2, 0) is 4.79 Å². The first-order valence-electron chi connectivity index (χ1n) is 3.50. The Bertz CT molecular complexity index is 359. The maximum absolute atomic E-state index is 11.1. The van der Waals surface area contributed by atoms with Gasteiger partial charge in [-0.2, -0.15) is 5.26 Å². The molecule has 1 aromatic rings. The van der Waals surface area contributed by atoms with Crippen LogP contribution >= 0.6 is 11.8 Å². The first-order chi connectivity index (χ1) is 6.27. The van der Waals surface area contributed by atoms with Crippen LogP contribution in [0.15, 0.2) is 28.6 Å². The van der Waals surface area contributed by atoms with Crippen LogP contribution in [0.25, 0.3) is 6.08 Å². The molecule has 0 saturated carbocycles. The first kappa shape index (κ1) is 9.62. The molecular formula is C9H7NO2S. The predicted molar refractivity (Wildman–Crippen MR) is 50.8 cm³/mol. The zero-order valence-electron chi connectivity index (χ0n) is 6.98. The fourth-order valence-electron chi connectivity index (χ4n) is 0.771. The van der Waals surface area contributed by atoms with Crippen molar-refractivity contribution in [1.29, 1.82) is 5.26 Å². The SMILES string of the molecule is CSC(=O)C(C#N)=Cc1ccoc1. The normalized spacial score (nSPS) is 10.9. The Kier molecular flexibility index (Phi) is 3.35. The topological polar surface area (TPSA) is 54.0 Å². The molecule has 1 rings (SSSR count). The van der Waals surface area contributed by atoms with E-state index in [-0.39, 0.29) is 10.7 Å². The molecular weight excluding hydrogens is 186 g/mol. The van der Waals surface area contributed by atoms with Crippen molar-refractivity contribution >= 4 is 23.0 Å². The highest BCUT2D eigenvalue weighted by atomic mass is 32.2. The van der Waals surface area contributed by atoms with E-state index in [0.717, 1.165) is 17.3 Å². The van der Waals surface area contributed by atoms with E-state index < -0.39 is 0 Å². The Labute approximate surface area is 80.0 Å². The summed E-state index contributed by atoms with van der Waals surface area (Å²) >= 11 is 1.02. The summed E-state index contributed by atoms with van der Waals surface area (Å²) in [6.45, 7) is 0. The van der Waals surface area contributed by atoms with Gasteiger partial charge < -0.3 is 4.42 Å². The molecule has 0 fully saturated rings. The molecule has 0 bridgehead atoms. The minimum absolute atomic E-state index is 0.133. The van der Waals surface area contributed by atoms with Crippen LogP contribution in [0.2, 0.25) is 0 Å². The highest BCUT2D eigenvalue weighted by molar-refractivity contribution is 8.13. The van der Waals surface area contributed by atoms with Crippen molar-refractivity contribution < 1.29 is 9.21 Å². The monoisotopic (exact) mass is 193 g/mol. The highest BCUT2D eigenvalue weighted by Crippen LogP contribution is 2.11. The maximum atomic E-state index is 11.1. The number of thioether (sulfide) groups is 1. The molecule has 0 amide bonds. The molecule has 3 nitrogen and oxygen atoms in total. The molecule has 1 aromatic heterocycles. The van der Waals surface area contributed by atoms with Crippen molar-refractivity contribution in [2.45, 2.75) is 0 Å². The van der Waals surface area contributed by atoms with E-state index in [1.165, 1.54) is 18.6 Å². The number of hydrogen-bond acceptors (Lipinski definition) is 4. The van der Waals surface area contributed by atoms with Gasteiger partial charge in [-0.15, -0.1) is 0 Å². The summed E-state index contributed by atoms with van der Waals surface area (Å²) in [4.78, 5) is 11.1. The Morgan fingerprint density at radius 2 is 2.54 bits per heavy atom. The molecule has 0 unspecified atom stereocenters. The molecule has 0 atom stereocenters. The highest BCUT2D eigenvalue weighted by Gasteiger charge is 2.06. The molecule has 0 aliphatic heterocycles. The van der Waals surface area contributed by atoms with Crippen LogP contribution in [-0.4, -0.2) is 11.4 Å². The van der Waals surface area contributed by atoms with Crippen LogP contribution in [0, 0.1) is 11.3 Å². The van der Waals surface area contributed by atoms with Crippen molar-refractivity contribution in [3.8, 4) is 6.07 Å². The van der Waals surface area contributed by atoms with Crippen LogP contribution in [0.1, 0.15) is 5.56 Å². The number of carbonyl (C=O) groups excluding carboxylic acids is 1. The fourth-order valence-corrected chi connectivity index (χ4v) is 1.10. The number of carbonyl (C=O) groups is 1. The van der Waals surface area contributed by atoms with Gasteiger partial charge in [-0.1, -0.05) is 11.8 Å². The van der Waals surface area contributed by atoms with Crippen molar-refractivity contribution in [2.75, 3.05) is 6.26 Å². The second kappa shape index (κ2) is 4.53. The van der Waals surface area contributed by atoms with Gasteiger partial charge in [0.1, 0.15) is 11.6 Å². The summed E-state index contributed by atoms with van der Waals surface area (Å²) in [7, 11) is 0. The van der Waals surface area contributed by atoms with E-state index in [1.807, 2.05) is 6.07 Å². The molecule has 0 spiro atoms. The summed E-state index contributed by atoms with van der Waals surface area (Å²) in [5, 5.41) is 8.41. The number of rotatable bonds is 2. The summed E-state index contributed by atoms with van der Waals surface area (Å²) in [5.41, 5.74) is 0.854. The fraction of sp³-hybridized carbons (Fsp3) is 0.111. The number of furan rings is 1. The summed E-state index contributed by atoms with van der Waals surface area (Å²) in [6.07, 6.45) is 6.11. The van der Waals surface area contributed by atoms with Gasteiger partial charge in [0, 0.05) is 5.56 Å². The van der Waals surface area contributed by atoms with Gasteiger partial charge in [0.05, 0.1) is 12.5 Å². The first-order valence-corrected chi connectivity index (χ1v) is 4.72. The maximum Gasteiger partial charge on any atom is 0.229 e. The molecule has 13 heavy (non-hydrogen) atoms. The van der Waals surface area contributed by atoms with E-state index in [1.54, 1.807) is 12.3 Å². The second-order valence-electron chi connectivity index (χ2n) is 2.22. The average Bonchev–Trinajstić information content (AvgIpc) is 2.65. The Balaban J connectivity index is 2.91. The lowest BCUT2D eigenvalue weighted by molar-refractivity contribution is -0.107. The van der Waals surface area contributed by atoms with E-state index in [4.69, 9.17) is 9.68 Å². The lowest BCUT2D eigenvalue weighted by atomic mass is 10.2. The summed E-state index contributed by atoms with van der Waals surface area (Å²) in [5.74, 6) is 0. The Morgan fingerprint density at radius 3 is 3.00 bits per heavy atom. The van der Waals surface area contributed by atoms with Crippen molar-refractivity contribution in [2.24, 2.45) is 0 Å². The van der Waals surface area contributed by atoms with Gasteiger partial charge in [0.15, 0.2) is 0 Å². The second-order valence-corrected chi connectivity index (χ2v) is 3.00. The average molecular weight is 193 g/mol. The third-order valence-corrected chi connectivity index (χ3v) is 1.97. The molecule has 0 saturated heterocycles. The lowest BCUT2D eigenvalue weighted by Gasteiger charge is -1.90. The molecule has 0 N–H and O–H groups in total. The number of hydrogen-bond donors (Lipinski definition) is 0. The number of nitriles is 1. The van der Waals surface area contributed by atoms with Crippen molar-refractivity contribution in [3.05, 3.63) is 29.7 Å². The largest absolute Gasteiger partial charge is 0.472 e. The van der Waals surface area contributed by atoms with E-state index in [2.05, 4.69) is 0 Å². The Hall–Kier alpha value is -1.47. The minimum atomic E-state index is -0.233. The van der Waals surface area contributed by atoms with Gasteiger partial charge in [-0.25, -0.2) is 0 Å². The van der Waals surface area contributed by atoms with Crippen molar-refractivity contribution in [3.63, 3.8) is 0 Å². The van der Waals surface area contributed by atoms with Crippen LogP contribution in [0.5, 0.6) is 0 Å². The zero-order valence-corrected chi connectivity index (χ0v) is 7.80. The smallest absolute Gasteiger partial charge is 0.229 e. The molecule has 1 heterocycles. The molecule has 0 aliphatic rings. The van der Waals surface area contributed by atoms with Gasteiger partial charge in [0.25, 0.3) is 0 Å². The quantitative estimate of drug-likeness (QED) is 0.533. The van der Waals surface area contributed by atoms with Crippen LogP contribution < -0.4 is 0 Å². The van der Waals surface area contributed by atoms with E-state index >= 15 is 0 Å². The molecule has 4 heteroatoms. The van der Waals surface area contributed by atoms with Crippen LogP contribution in [0.3, 0.4) is 0 Å². The van der Waals surface area contributed by atoms with Crippen molar-refractivity contribution in [1.82, 2.24) is 0 Å². The molecule has 66 valence electrons. The van der Waals surface area contributed by atoms with Gasteiger partial charge >= 0.3 is 0 Å². The van der Waals surface area contributed by atoms with E-state index in [0.29, 0.717) is 0 Å². The lowest BCUT2D eigenvalue weighted by Crippen LogP contribution is -1.92. The molecule has 0 radical (unpaired) electrons. The Morgan fingerprint density at radius 1 is 1.77 bits per heavy atom. The third-order valence-electron chi connectivity index (χ3n) is 1.38. The van der Waals surface area contributed by atoms with Gasteiger partial charge in [0.2, 0.25) is 5.12 Å². The summed E-state index contributed by atoms with van der Waals surface area (Å²) in [6, 6.07) is 3.53. The standard InChI is InChI=1S/C9H7NO2S/c1-13-9(11)8(5-10)4-7-2-3-12-6-7/h2-4,6H,1H3. The summed E-state index contributed by atoms with van der Waals surface area (Å²) < 4.78 is 4.80. The molecule has 0 aromatic carbocycles. The van der Waals surface area contributed by atoms with Crippen LogP contribution in [0.4, 0.5) is 0 Å². The zero-order chi connectivity index (χ0) is 9.68.